The summed E-state index contributed by atoms with van der Waals surface area (Å²) in [6.45, 7) is 0. The summed E-state index contributed by atoms with van der Waals surface area (Å²) < 4.78 is 2.90. The molecule has 0 aliphatic rings. The van der Waals surface area contributed by atoms with Gasteiger partial charge in [0, 0.05) is 0 Å². The Morgan fingerprint density at radius 1 is 0.846 bits per heavy atom. The summed E-state index contributed by atoms with van der Waals surface area (Å²) in [6, 6.07) is 0. The van der Waals surface area contributed by atoms with Crippen molar-refractivity contribution in [1.82, 2.24) is 0 Å². The molecule has 0 rings (SSSR count). The van der Waals surface area contributed by atoms with Gasteiger partial charge in [0.25, 0.3) is 0 Å². The Morgan fingerprint density at radius 3 is 1.08 bits per heavy atom. The summed E-state index contributed by atoms with van der Waals surface area (Å²) >= 11 is 0. The number of rotatable bonds is 2. The zero-order valence-electron chi connectivity index (χ0n) is 7.47. The van der Waals surface area contributed by atoms with E-state index in [0.29, 0.717) is 0 Å². The molecule has 0 heterocycles. The Balaban J connectivity index is -0.0000000533. The van der Waals surface area contributed by atoms with Gasteiger partial charge in [-0.3, -0.25) is 0 Å². The Morgan fingerprint density at radius 2 is 1.08 bits per heavy atom. The van der Waals surface area contributed by atoms with Gasteiger partial charge in [-0.15, -0.1) is 9.05 Å². The fourth-order valence-electron chi connectivity index (χ4n) is 0.168. The summed E-state index contributed by atoms with van der Waals surface area (Å²) in [5.74, 6) is 0. The molecule has 0 bridgehead atoms. The summed E-state index contributed by atoms with van der Waals surface area (Å²) in [6.07, 6.45) is 0. The molecule has 0 unspecified atom stereocenters. The van der Waals surface area contributed by atoms with Crippen molar-refractivity contribution in [2.24, 2.45) is 0 Å². The van der Waals surface area contributed by atoms with Gasteiger partial charge in [-0.1, -0.05) is 0 Å². The van der Waals surface area contributed by atoms with Crippen LogP contribution in [-0.2, 0) is 4.12 Å². The van der Waals surface area contributed by atoms with Crippen LogP contribution in [0.4, 0.5) is 0 Å². The normalized spacial score (nSPS) is 9.69. The van der Waals surface area contributed by atoms with Gasteiger partial charge in [0.05, 0.1) is 0 Å². The van der Waals surface area contributed by atoms with Crippen molar-refractivity contribution >= 4 is 18.1 Å². The van der Waals surface area contributed by atoms with Gasteiger partial charge < -0.3 is 38.4 Å². The van der Waals surface area contributed by atoms with E-state index in [9.17, 15) is 14.4 Å². The Hall–Kier alpha value is 3.11. The van der Waals surface area contributed by atoms with Crippen molar-refractivity contribution in [2.75, 3.05) is 0 Å². The molecule has 8 nitrogen and oxygen atoms in total. The molecular formula is H5Na3O8Si2. The first-order chi connectivity index (χ1) is 3.71. The smallest absolute Gasteiger partial charge is 0.861 e. The molecule has 0 spiro atoms. The van der Waals surface area contributed by atoms with Gasteiger partial charge >= 0.3 is 97.7 Å². The molecule has 0 atom stereocenters. The van der Waals surface area contributed by atoms with Crippen LogP contribution >= 0.6 is 0 Å². The van der Waals surface area contributed by atoms with E-state index >= 15 is 0 Å². The van der Waals surface area contributed by atoms with Crippen LogP contribution < -0.4 is 103 Å². The van der Waals surface area contributed by atoms with Crippen molar-refractivity contribution in [3.63, 3.8) is 0 Å². The third-order valence-corrected chi connectivity index (χ3v) is 2.36. The molecule has 0 aliphatic heterocycles. The van der Waals surface area contributed by atoms with Crippen molar-refractivity contribution in [2.45, 2.75) is 0 Å². The molecule has 0 amide bonds. The van der Waals surface area contributed by atoms with E-state index < -0.39 is 18.1 Å². The van der Waals surface area contributed by atoms with E-state index in [1.165, 1.54) is 0 Å². The largest absolute Gasteiger partial charge is 1.00 e. The molecule has 13 heteroatoms. The predicted octanol–water partition coefficient (Wildman–Crippen LogP) is -15.9. The van der Waals surface area contributed by atoms with Crippen molar-refractivity contribution < 1.29 is 127 Å². The zero-order valence-corrected chi connectivity index (χ0v) is 15.5. The van der Waals surface area contributed by atoms with Gasteiger partial charge in [0.2, 0.25) is 0 Å². The second-order valence-corrected chi connectivity index (χ2v) is 4.14. The maximum atomic E-state index is 9.48. The quantitative estimate of drug-likeness (QED) is 0.412. The SMILES string of the molecule is O.[Na+].[Na+].[Na+].[O-][Si]([O-])([O-])O[Si](O)(O)O. The van der Waals surface area contributed by atoms with E-state index in [-0.39, 0.29) is 94.1 Å². The molecule has 5 N–H and O–H groups in total. The summed E-state index contributed by atoms with van der Waals surface area (Å²) in [7, 11) is -10.9. The monoisotopic (exact) mass is 258 g/mol. The predicted molar refractivity (Wildman–Crippen MR) is 22.9 cm³/mol. The Bertz CT molecular complexity index is 82.5. The molecule has 0 aromatic rings. The molecule has 0 aromatic heterocycles. The fraction of sp³-hybridized carbons (Fsp3) is 0. The molecule has 0 fully saturated rings. The Kier molecular flexibility index (Phi) is 26.6. The van der Waals surface area contributed by atoms with E-state index in [1.807, 2.05) is 0 Å². The molecule has 0 radical (unpaired) electrons. The van der Waals surface area contributed by atoms with Crippen LogP contribution in [-0.4, -0.2) is 38.0 Å². The first-order valence-electron chi connectivity index (χ1n) is 1.69. The van der Waals surface area contributed by atoms with Crippen LogP contribution in [0.1, 0.15) is 0 Å². The molecule has 0 saturated heterocycles. The van der Waals surface area contributed by atoms with Crippen molar-refractivity contribution in [3.05, 3.63) is 0 Å². The summed E-state index contributed by atoms with van der Waals surface area (Å²) in [4.78, 5) is 51.9. The average molecular weight is 258 g/mol. The second-order valence-electron chi connectivity index (χ2n) is 1.18. The van der Waals surface area contributed by atoms with E-state index in [1.54, 1.807) is 0 Å². The van der Waals surface area contributed by atoms with Crippen LogP contribution in [0, 0.1) is 0 Å². The fourth-order valence-corrected chi connectivity index (χ4v) is 1.51. The molecule has 0 aliphatic carbocycles. The minimum absolute atomic E-state index is 0. The molecule has 0 saturated carbocycles. The first kappa shape index (κ1) is 29.8. The third kappa shape index (κ3) is 31.3. The van der Waals surface area contributed by atoms with Crippen molar-refractivity contribution in [3.8, 4) is 0 Å². The standard InChI is InChI=1S/3Na.H3O7Si2.H2O/c;;;1-8(2,3)7-9(4,5)6;/h;;;1-3H;1H2/q3*+1;-3;. The van der Waals surface area contributed by atoms with Crippen LogP contribution in [0.15, 0.2) is 0 Å². The molecule has 0 aromatic carbocycles. The van der Waals surface area contributed by atoms with E-state index in [4.69, 9.17) is 14.4 Å². The van der Waals surface area contributed by atoms with Crippen LogP contribution in [0.25, 0.3) is 0 Å². The minimum atomic E-state index is -5.73. The van der Waals surface area contributed by atoms with Gasteiger partial charge in [0.15, 0.2) is 0 Å². The number of hydrogen-bond acceptors (Lipinski definition) is 7. The average Bonchev–Trinajstić information content (AvgIpc) is 1.14. The molecular weight excluding hydrogens is 253 g/mol. The number of hydrogen-bond donors (Lipinski definition) is 3. The van der Waals surface area contributed by atoms with Gasteiger partial charge in [-0.2, -0.15) is 0 Å². The van der Waals surface area contributed by atoms with Gasteiger partial charge in [0.1, 0.15) is 0 Å². The minimum Gasteiger partial charge on any atom is -0.861 e. The maximum Gasteiger partial charge on any atom is 1.00 e. The van der Waals surface area contributed by atoms with Crippen LogP contribution in [0.2, 0.25) is 0 Å². The van der Waals surface area contributed by atoms with Crippen LogP contribution in [0.3, 0.4) is 0 Å². The summed E-state index contributed by atoms with van der Waals surface area (Å²) in [5.41, 5.74) is 0. The van der Waals surface area contributed by atoms with E-state index in [2.05, 4.69) is 4.12 Å². The maximum absolute atomic E-state index is 9.48. The molecule has 13 heavy (non-hydrogen) atoms. The van der Waals surface area contributed by atoms with E-state index in [0.717, 1.165) is 0 Å². The second kappa shape index (κ2) is 11.6. The first-order valence-corrected chi connectivity index (χ1v) is 5.07. The van der Waals surface area contributed by atoms with Gasteiger partial charge in [-0.25, -0.2) is 0 Å². The summed E-state index contributed by atoms with van der Waals surface area (Å²) in [5, 5.41) is 0. The van der Waals surface area contributed by atoms with Crippen LogP contribution in [0.5, 0.6) is 0 Å². The topological polar surface area (TPSA) is 171 Å². The Labute approximate surface area is 143 Å². The zero-order chi connectivity index (χ0) is 7.71. The van der Waals surface area contributed by atoms with Gasteiger partial charge in [-0.05, 0) is 0 Å². The third-order valence-electron chi connectivity index (χ3n) is 0.262. The molecule has 64 valence electrons. The van der Waals surface area contributed by atoms with Crippen molar-refractivity contribution in [1.29, 1.82) is 0 Å².